The quantitative estimate of drug-likeness (QED) is 0.730. The number of imidazole rings is 1. The van der Waals surface area contributed by atoms with Crippen LogP contribution in [0, 0.1) is 0 Å². The van der Waals surface area contributed by atoms with Gasteiger partial charge in [0.1, 0.15) is 11.8 Å². The van der Waals surface area contributed by atoms with Crippen LogP contribution in [0.5, 0.6) is 0 Å². The van der Waals surface area contributed by atoms with Gasteiger partial charge in [0.2, 0.25) is 0 Å². The van der Waals surface area contributed by atoms with Crippen LogP contribution in [-0.4, -0.2) is 36.2 Å². The van der Waals surface area contributed by atoms with Crippen molar-refractivity contribution in [3.05, 3.63) is 71.8 Å². The molecule has 6 nitrogen and oxygen atoms in total. The van der Waals surface area contributed by atoms with Crippen LogP contribution in [0.3, 0.4) is 0 Å². The first-order valence-corrected chi connectivity index (χ1v) is 9.94. The molecule has 1 saturated heterocycles. The van der Waals surface area contributed by atoms with E-state index in [1.54, 1.807) is 24.4 Å². The smallest absolute Gasteiger partial charge is 0.255 e. The molecule has 1 fully saturated rings. The number of fused-ring (bicyclic) bond motifs is 1. The Morgan fingerprint density at radius 1 is 1.10 bits per heavy atom. The number of rotatable bonds is 4. The third-order valence-corrected chi connectivity index (χ3v) is 5.89. The van der Waals surface area contributed by atoms with E-state index in [1.165, 1.54) is 5.56 Å². The summed E-state index contributed by atoms with van der Waals surface area (Å²) in [5.41, 5.74) is 4.93. The molecule has 3 heterocycles. The summed E-state index contributed by atoms with van der Waals surface area (Å²) < 4.78 is 11.1. The van der Waals surface area contributed by atoms with Crippen molar-refractivity contribution < 1.29 is 14.3 Å². The van der Waals surface area contributed by atoms with E-state index in [0.29, 0.717) is 11.7 Å². The average Bonchev–Trinajstić information content (AvgIpc) is 3.37. The zero-order valence-corrected chi connectivity index (χ0v) is 16.3. The van der Waals surface area contributed by atoms with Gasteiger partial charge < -0.3 is 14.5 Å². The second-order valence-corrected chi connectivity index (χ2v) is 7.52. The molecule has 2 aromatic carbocycles. The number of nitrogens with one attached hydrogen (secondary N) is 1. The Labute approximate surface area is 169 Å². The molecule has 0 saturated carbocycles. The Balaban J connectivity index is 1.49. The number of carbonyl (C=O) groups is 1. The molecule has 148 valence electrons. The fourth-order valence-corrected chi connectivity index (χ4v) is 4.34. The minimum atomic E-state index is -0.285. The molecule has 29 heavy (non-hydrogen) atoms. The van der Waals surface area contributed by atoms with Crippen LogP contribution in [0.4, 0.5) is 5.69 Å². The molecule has 1 N–H and O–H groups in total. The van der Waals surface area contributed by atoms with Crippen molar-refractivity contribution in [1.29, 1.82) is 0 Å². The summed E-state index contributed by atoms with van der Waals surface area (Å²) in [6.07, 6.45) is 5.35. The van der Waals surface area contributed by atoms with Gasteiger partial charge in [-0.05, 0) is 48.1 Å². The lowest BCUT2D eigenvalue weighted by Crippen LogP contribution is -2.29. The first-order valence-electron chi connectivity index (χ1n) is 9.94. The summed E-state index contributed by atoms with van der Waals surface area (Å²) in [4.78, 5) is 22.0. The van der Waals surface area contributed by atoms with Crippen molar-refractivity contribution in [2.75, 3.05) is 25.2 Å². The molecule has 2 aliphatic rings. The highest BCUT2D eigenvalue weighted by atomic mass is 16.5. The number of ether oxygens (including phenoxy) is 2. The molecule has 6 heteroatoms. The molecule has 1 unspecified atom stereocenters. The summed E-state index contributed by atoms with van der Waals surface area (Å²) in [5.74, 6) is 1.10. The maximum Gasteiger partial charge on any atom is 0.255 e. The first kappa shape index (κ1) is 17.9. The number of nitrogens with zero attached hydrogens (tertiary/aromatic N) is 2. The third kappa shape index (κ3) is 3.19. The molecule has 0 spiro atoms. The molecule has 0 aliphatic carbocycles. The molecule has 1 atom stereocenters. The number of H-pyrrole nitrogens is 1. The van der Waals surface area contributed by atoms with Crippen LogP contribution >= 0.6 is 0 Å². The van der Waals surface area contributed by atoms with Gasteiger partial charge >= 0.3 is 0 Å². The highest BCUT2D eigenvalue weighted by Crippen LogP contribution is 2.39. The van der Waals surface area contributed by atoms with E-state index in [0.717, 1.165) is 48.3 Å². The second-order valence-electron chi connectivity index (χ2n) is 7.52. The minimum absolute atomic E-state index is 0.0877. The lowest BCUT2D eigenvalue weighted by molar-refractivity contribution is -0.113. The molecule has 0 bridgehead atoms. The van der Waals surface area contributed by atoms with E-state index < -0.39 is 0 Å². The lowest BCUT2D eigenvalue weighted by Gasteiger charge is -2.28. The fraction of sp³-hybridized carbons (Fsp3) is 0.304. The monoisotopic (exact) mass is 389 g/mol. The topological polar surface area (TPSA) is 67.5 Å². The van der Waals surface area contributed by atoms with Crippen molar-refractivity contribution >= 4 is 22.6 Å². The maximum absolute atomic E-state index is 12.8. The first-order chi connectivity index (χ1) is 14.2. The van der Waals surface area contributed by atoms with Crippen molar-refractivity contribution in [3.8, 4) is 0 Å². The van der Waals surface area contributed by atoms with Crippen molar-refractivity contribution in [1.82, 2.24) is 9.97 Å². The van der Waals surface area contributed by atoms with Crippen molar-refractivity contribution in [3.63, 3.8) is 0 Å². The van der Waals surface area contributed by atoms with Crippen LogP contribution in [0.1, 0.15) is 35.9 Å². The molecule has 3 aromatic rings. The van der Waals surface area contributed by atoms with Crippen LogP contribution in [0.15, 0.2) is 60.6 Å². The van der Waals surface area contributed by atoms with Crippen LogP contribution < -0.4 is 4.90 Å². The summed E-state index contributed by atoms with van der Waals surface area (Å²) in [5, 5.41) is 0. The van der Waals surface area contributed by atoms with Gasteiger partial charge in [-0.2, -0.15) is 0 Å². The summed E-state index contributed by atoms with van der Waals surface area (Å²) in [6.45, 7) is 1.65. The Hall–Kier alpha value is -3.12. The Kier molecular flexibility index (Phi) is 4.56. The SMILES string of the molecule is COC1=CC(=O)N(c2ccc3[nH]cnc3c2)C1c1ccc(C2CCOCC2)cc1. The van der Waals surface area contributed by atoms with E-state index in [4.69, 9.17) is 9.47 Å². The van der Waals surface area contributed by atoms with Gasteiger partial charge in [-0.1, -0.05) is 24.3 Å². The highest BCUT2D eigenvalue weighted by Gasteiger charge is 2.36. The largest absolute Gasteiger partial charge is 0.498 e. The molecule has 1 amide bonds. The minimum Gasteiger partial charge on any atom is -0.498 e. The summed E-state index contributed by atoms with van der Waals surface area (Å²) >= 11 is 0. The molecule has 2 aliphatic heterocycles. The normalized spacial score (nSPS) is 20.3. The Bertz CT molecular complexity index is 1060. The van der Waals surface area contributed by atoms with Crippen LogP contribution in [-0.2, 0) is 14.3 Å². The average molecular weight is 389 g/mol. The second kappa shape index (κ2) is 7.37. The van der Waals surface area contributed by atoms with Gasteiger partial charge in [0.25, 0.3) is 5.91 Å². The van der Waals surface area contributed by atoms with Gasteiger partial charge in [-0.3, -0.25) is 9.69 Å². The van der Waals surface area contributed by atoms with Gasteiger partial charge in [0.15, 0.2) is 0 Å². The number of benzene rings is 2. The van der Waals surface area contributed by atoms with Gasteiger partial charge in [0, 0.05) is 25.0 Å². The van der Waals surface area contributed by atoms with E-state index >= 15 is 0 Å². The number of hydrogen-bond acceptors (Lipinski definition) is 4. The highest BCUT2D eigenvalue weighted by molar-refractivity contribution is 6.06. The van der Waals surface area contributed by atoms with E-state index in [1.807, 2.05) is 18.2 Å². The van der Waals surface area contributed by atoms with E-state index in [-0.39, 0.29) is 11.9 Å². The van der Waals surface area contributed by atoms with Gasteiger partial charge in [-0.15, -0.1) is 0 Å². The molecule has 5 rings (SSSR count). The Morgan fingerprint density at radius 2 is 1.86 bits per heavy atom. The number of carbonyl (C=O) groups excluding carboxylic acids is 1. The van der Waals surface area contributed by atoms with E-state index in [2.05, 4.69) is 34.2 Å². The fourth-order valence-electron chi connectivity index (χ4n) is 4.34. The number of aromatic amines is 1. The van der Waals surface area contributed by atoms with Crippen LogP contribution in [0.25, 0.3) is 11.0 Å². The summed E-state index contributed by atoms with van der Waals surface area (Å²) in [7, 11) is 1.61. The zero-order chi connectivity index (χ0) is 19.8. The molecular formula is C23H23N3O3. The summed E-state index contributed by atoms with van der Waals surface area (Å²) in [6, 6.07) is 14.1. The van der Waals surface area contributed by atoms with E-state index in [9.17, 15) is 4.79 Å². The number of amides is 1. The lowest BCUT2D eigenvalue weighted by atomic mass is 9.90. The maximum atomic E-state index is 12.8. The zero-order valence-electron chi connectivity index (χ0n) is 16.3. The van der Waals surface area contributed by atoms with Crippen LogP contribution in [0.2, 0.25) is 0 Å². The Morgan fingerprint density at radius 3 is 2.62 bits per heavy atom. The molecule has 0 radical (unpaired) electrons. The van der Waals surface area contributed by atoms with Gasteiger partial charge in [-0.25, -0.2) is 4.98 Å². The third-order valence-electron chi connectivity index (χ3n) is 5.89. The van der Waals surface area contributed by atoms with Crippen molar-refractivity contribution in [2.24, 2.45) is 0 Å². The number of anilines is 1. The number of hydrogen-bond donors (Lipinski definition) is 1. The van der Waals surface area contributed by atoms with Gasteiger partial charge in [0.05, 0.1) is 24.5 Å². The van der Waals surface area contributed by atoms with Crippen molar-refractivity contribution in [2.45, 2.75) is 24.8 Å². The predicted molar refractivity (Wildman–Crippen MR) is 111 cm³/mol. The molecule has 1 aromatic heterocycles. The number of methoxy groups -OCH3 is 1. The molecular weight excluding hydrogens is 366 g/mol. The number of aromatic nitrogens is 2. The predicted octanol–water partition coefficient (Wildman–Crippen LogP) is 4.08. The standard InChI is InChI=1S/C23H23N3O3/c1-28-21-13-22(27)26(18-6-7-19-20(12-18)25-14-24-19)23(21)17-4-2-15(3-5-17)16-8-10-29-11-9-16/h2-7,12-14,16,23H,8-11H2,1H3,(H,24,25).